The number of nitrogens with zero attached hydrogens (tertiary/aromatic N) is 4. The number of hydrogen-bond donors (Lipinski definition) is 2. The number of rotatable bonds is 7. The van der Waals surface area contributed by atoms with Crippen molar-refractivity contribution in [3.8, 4) is 0 Å². The second kappa shape index (κ2) is 8.40. The summed E-state index contributed by atoms with van der Waals surface area (Å²) >= 11 is 0. The molecule has 4 heterocycles. The quantitative estimate of drug-likeness (QED) is 0.347. The molecule has 0 spiro atoms. The molecule has 1 amide bonds. The minimum Gasteiger partial charge on any atom is -0.477 e. The van der Waals surface area contributed by atoms with Gasteiger partial charge in [0.1, 0.15) is 18.1 Å². The SMILES string of the molecule is C[C@@H](O)[C@H]1C(=O)N2C(C(=O)O)=C(CN3c4ccc(CCn5cc[n+](C)c5)c5cccc(c45)S3(=O)=O)[C@H](C)[C@H]12. The first-order valence-electron chi connectivity index (χ1n) is 12.6. The molecule has 6 rings (SSSR count). The molecule has 3 aromatic rings. The van der Waals surface area contributed by atoms with Crippen LogP contribution in [0.4, 0.5) is 5.69 Å². The van der Waals surface area contributed by atoms with E-state index in [-0.39, 0.29) is 17.1 Å². The first-order valence-corrected chi connectivity index (χ1v) is 14.0. The first-order chi connectivity index (χ1) is 18.0. The average Bonchev–Trinajstić information content (AvgIpc) is 3.45. The lowest BCUT2D eigenvalue weighted by Crippen LogP contribution is -2.63. The Balaban J connectivity index is 1.39. The molecule has 38 heavy (non-hydrogen) atoms. The Labute approximate surface area is 220 Å². The van der Waals surface area contributed by atoms with Crippen LogP contribution in [0.5, 0.6) is 0 Å². The average molecular weight is 538 g/mol. The molecule has 1 saturated heterocycles. The van der Waals surface area contributed by atoms with E-state index in [4.69, 9.17) is 0 Å². The number of aliphatic hydroxyl groups is 1. The van der Waals surface area contributed by atoms with Gasteiger partial charge in [0.15, 0.2) is 0 Å². The molecule has 4 atom stereocenters. The van der Waals surface area contributed by atoms with E-state index in [2.05, 4.69) is 4.57 Å². The Morgan fingerprint density at radius 3 is 2.63 bits per heavy atom. The lowest BCUT2D eigenvalue weighted by atomic mass is 9.78. The maximum atomic E-state index is 13.8. The normalized spacial score (nSPS) is 24.2. The highest BCUT2D eigenvalue weighted by atomic mass is 32.2. The molecular weight excluding hydrogens is 508 g/mol. The van der Waals surface area contributed by atoms with Gasteiger partial charge in [-0.25, -0.2) is 22.3 Å². The maximum Gasteiger partial charge on any atom is 0.352 e. The Morgan fingerprint density at radius 1 is 1.21 bits per heavy atom. The summed E-state index contributed by atoms with van der Waals surface area (Å²) in [6.45, 7) is 3.86. The summed E-state index contributed by atoms with van der Waals surface area (Å²) in [5.41, 5.74) is 1.72. The number of fused-ring (bicyclic) bond motifs is 1. The molecule has 0 aliphatic carbocycles. The van der Waals surface area contributed by atoms with Crippen LogP contribution in [0.3, 0.4) is 0 Å². The Bertz CT molecular complexity index is 1660. The van der Waals surface area contributed by atoms with Crippen LogP contribution in [-0.4, -0.2) is 58.7 Å². The van der Waals surface area contributed by atoms with Crippen LogP contribution < -0.4 is 8.87 Å². The number of amides is 1. The van der Waals surface area contributed by atoms with Gasteiger partial charge in [0.05, 0.1) is 48.8 Å². The third kappa shape index (κ3) is 3.34. The summed E-state index contributed by atoms with van der Waals surface area (Å²) in [6.07, 6.45) is 5.71. The van der Waals surface area contributed by atoms with E-state index < -0.39 is 45.9 Å². The Hall–Kier alpha value is -3.70. The van der Waals surface area contributed by atoms with E-state index in [0.29, 0.717) is 23.1 Å². The van der Waals surface area contributed by atoms with Crippen molar-refractivity contribution in [3.05, 3.63) is 65.9 Å². The topological polar surface area (TPSA) is 124 Å². The molecule has 0 bridgehead atoms. The highest BCUT2D eigenvalue weighted by Crippen LogP contribution is 2.49. The fourth-order valence-corrected chi connectivity index (χ4v) is 8.05. The monoisotopic (exact) mass is 537 g/mol. The number of carbonyl (C=O) groups is 2. The van der Waals surface area contributed by atoms with E-state index in [1.165, 1.54) is 16.1 Å². The summed E-state index contributed by atoms with van der Waals surface area (Å²) in [5.74, 6) is -2.85. The smallest absolute Gasteiger partial charge is 0.352 e. The van der Waals surface area contributed by atoms with Gasteiger partial charge in [-0.15, -0.1) is 0 Å². The third-order valence-corrected chi connectivity index (χ3v) is 10.0. The fraction of sp³-hybridized carbons (Fsp3) is 0.370. The van der Waals surface area contributed by atoms with Crippen molar-refractivity contribution in [2.45, 2.75) is 43.9 Å². The molecule has 1 aromatic heterocycles. The number of aliphatic carboxylic acids is 1. The number of aliphatic hydroxyl groups excluding tert-OH is 1. The zero-order valence-electron chi connectivity index (χ0n) is 21.3. The molecule has 0 saturated carbocycles. The standard InChI is InChI=1S/C27H28N4O6S/c1-15-19(25(27(34)35)31-24(15)22(16(2)32)26(31)33)13-30-20-8-7-17(9-10-29-12-11-28(3)14-29)18-5-4-6-21(23(18)20)38(30,36)37/h4-8,11-12,14-16,22,24,32H,9-10,13H2,1-3H3/p+1/t15-,16+,22+,24+/m0/s1. The predicted octanol–water partition coefficient (Wildman–Crippen LogP) is 1.41. The van der Waals surface area contributed by atoms with Crippen molar-refractivity contribution in [3.63, 3.8) is 0 Å². The van der Waals surface area contributed by atoms with Gasteiger partial charge >= 0.3 is 5.97 Å². The van der Waals surface area contributed by atoms with E-state index in [1.54, 1.807) is 25.1 Å². The van der Waals surface area contributed by atoms with E-state index in [0.717, 1.165) is 17.5 Å². The van der Waals surface area contributed by atoms with Gasteiger partial charge in [0.2, 0.25) is 12.2 Å². The number of hydrogen-bond acceptors (Lipinski definition) is 5. The lowest BCUT2D eigenvalue weighted by Gasteiger charge is -2.46. The van der Waals surface area contributed by atoms with Crippen molar-refractivity contribution in [1.82, 2.24) is 9.47 Å². The second-order valence-electron chi connectivity index (χ2n) is 10.4. The van der Waals surface area contributed by atoms with E-state index in [1.807, 2.05) is 42.5 Å². The van der Waals surface area contributed by atoms with Gasteiger partial charge in [0.25, 0.3) is 10.0 Å². The number of carbonyl (C=O) groups excluding carboxylic acids is 1. The molecule has 10 nitrogen and oxygen atoms in total. The number of aryl methyl sites for hydroxylation is 3. The molecule has 3 aliphatic heterocycles. The molecule has 1 fully saturated rings. The molecule has 11 heteroatoms. The summed E-state index contributed by atoms with van der Waals surface area (Å²) in [4.78, 5) is 26.4. The molecule has 0 radical (unpaired) electrons. The van der Waals surface area contributed by atoms with Crippen LogP contribution in [-0.2, 0) is 39.6 Å². The molecule has 198 valence electrons. The zero-order chi connectivity index (χ0) is 27.1. The van der Waals surface area contributed by atoms with Crippen LogP contribution in [0.2, 0.25) is 0 Å². The summed E-state index contributed by atoms with van der Waals surface area (Å²) in [7, 11) is -2.00. The first kappa shape index (κ1) is 24.6. The van der Waals surface area contributed by atoms with E-state index >= 15 is 0 Å². The Morgan fingerprint density at radius 2 is 1.97 bits per heavy atom. The predicted molar refractivity (Wildman–Crippen MR) is 137 cm³/mol. The number of carboxylic acids is 1. The fourth-order valence-electron chi connectivity index (χ4n) is 6.37. The van der Waals surface area contributed by atoms with Gasteiger partial charge < -0.3 is 15.1 Å². The molecular formula is C27H29N4O6S+. The van der Waals surface area contributed by atoms with Gasteiger partial charge in [-0.3, -0.25) is 9.10 Å². The molecule has 0 unspecified atom stereocenters. The van der Waals surface area contributed by atoms with Crippen LogP contribution in [0.25, 0.3) is 10.8 Å². The van der Waals surface area contributed by atoms with Gasteiger partial charge in [-0.1, -0.05) is 25.1 Å². The number of benzene rings is 2. The number of β-lactam (4-membered cyclic amide) rings is 1. The van der Waals surface area contributed by atoms with E-state index in [9.17, 15) is 28.2 Å². The zero-order valence-corrected chi connectivity index (χ0v) is 22.1. The van der Waals surface area contributed by atoms with Gasteiger partial charge in [0, 0.05) is 17.7 Å². The summed E-state index contributed by atoms with van der Waals surface area (Å²) in [6, 6.07) is 8.46. The minimum atomic E-state index is -3.95. The largest absolute Gasteiger partial charge is 0.477 e. The number of imidazole rings is 1. The lowest BCUT2D eigenvalue weighted by molar-refractivity contribution is -0.671. The summed E-state index contributed by atoms with van der Waals surface area (Å²) < 4.78 is 32.8. The molecule has 3 aliphatic rings. The highest BCUT2D eigenvalue weighted by Gasteiger charge is 2.60. The van der Waals surface area contributed by atoms with Crippen molar-refractivity contribution >= 4 is 38.4 Å². The summed E-state index contributed by atoms with van der Waals surface area (Å²) in [5, 5.41) is 21.6. The van der Waals surface area contributed by atoms with Crippen molar-refractivity contribution in [2.24, 2.45) is 18.9 Å². The third-order valence-electron chi connectivity index (χ3n) is 8.20. The molecule has 2 N–H and O–H groups in total. The molecule has 2 aromatic carbocycles. The number of aromatic nitrogens is 2. The number of anilines is 1. The van der Waals surface area contributed by atoms with Crippen LogP contribution >= 0.6 is 0 Å². The maximum absolute atomic E-state index is 13.8. The van der Waals surface area contributed by atoms with Crippen LogP contribution in [0, 0.1) is 11.8 Å². The van der Waals surface area contributed by atoms with Gasteiger partial charge in [-0.2, -0.15) is 0 Å². The number of sulfonamides is 1. The van der Waals surface area contributed by atoms with Gasteiger partial charge in [-0.05, 0) is 35.6 Å². The minimum absolute atomic E-state index is 0.177. The Kier molecular flexibility index (Phi) is 5.45. The van der Waals surface area contributed by atoms with Crippen molar-refractivity contribution in [2.75, 3.05) is 10.8 Å². The highest BCUT2D eigenvalue weighted by molar-refractivity contribution is 7.93. The van der Waals surface area contributed by atoms with Crippen LogP contribution in [0.15, 0.2) is 65.2 Å². The number of carboxylic acid groups (broad SMARTS) is 1. The second-order valence-corrected chi connectivity index (χ2v) is 12.3. The van der Waals surface area contributed by atoms with Crippen molar-refractivity contribution in [1.29, 1.82) is 0 Å². The van der Waals surface area contributed by atoms with Crippen molar-refractivity contribution < 1.29 is 32.8 Å². The van der Waals surface area contributed by atoms with Crippen LogP contribution in [0.1, 0.15) is 19.4 Å².